The molecule has 0 saturated carbocycles. The van der Waals surface area contributed by atoms with Crippen molar-refractivity contribution in [3.05, 3.63) is 57.5 Å². The maximum absolute atomic E-state index is 11.3. The second-order valence-electron chi connectivity index (χ2n) is 5.43. The Bertz CT molecular complexity index is 688. The Kier molecular flexibility index (Phi) is 8.27. The summed E-state index contributed by atoms with van der Waals surface area (Å²) in [4.78, 5) is 12.6. The van der Waals surface area contributed by atoms with E-state index in [0.29, 0.717) is 6.61 Å². The fourth-order valence-electron chi connectivity index (χ4n) is 2.12. The Morgan fingerprint density at radius 3 is 2.46 bits per heavy atom. The fraction of sp³-hybridized carbons (Fsp3) is 0.350. The number of aryl methyl sites for hydroxylation is 1. The molecule has 24 heavy (non-hydrogen) atoms. The summed E-state index contributed by atoms with van der Waals surface area (Å²) >= 11 is 1.67. The van der Waals surface area contributed by atoms with Gasteiger partial charge in [0.2, 0.25) is 0 Å². The lowest BCUT2D eigenvalue weighted by Crippen LogP contribution is -1.99. The van der Waals surface area contributed by atoms with Gasteiger partial charge in [0, 0.05) is 16.5 Å². The normalized spacial score (nSPS) is 13.1. The van der Waals surface area contributed by atoms with Crippen molar-refractivity contribution in [2.24, 2.45) is 0 Å². The number of esters is 1. The number of hydrogen-bond donors (Lipinski definition) is 0. The van der Waals surface area contributed by atoms with E-state index in [0.717, 1.165) is 16.2 Å². The van der Waals surface area contributed by atoms with Crippen LogP contribution in [0.5, 0.6) is 5.06 Å². The minimum absolute atomic E-state index is 0.308. The Balaban J connectivity index is 2.76. The SMILES string of the molecule is CCOC(=O)/C=C(C)/C=C/C=C(\C)C=Cc1c(C)sc(OC)c1C. The van der Waals surface area contributed by atoms with Gasteiger partial charge in [-0.3, -0.25) is 0 Å². The highest BCUT2D eigenvalue weighted by atomic mass is 32.1. The van der Waals surface area contributed by atoms with Crippen molar-refractivity contribution in [2.45, 2.75) is 34.6 Å². The second-order valence-corrected chi connectivity index (χ2v) is 6.62. The number of ether oxygens (including phenoxy) is 2. The van der Waals surface area contributed by atoms with Crippen molar-refractivity contribution in [1.82, 2.24) is 0 Å². The van der Waals surface area contributed by atoms with Crippen LogP contribution in [0.3, 0.4) is 0 Å². The summed E-state index contributed by atoms with van der Waals surface area (Å²) < 4.78 is 10.2. The minimum atomic E-state index is -0.308. The second kappa shape index (κ2) is 9.93. The zero-order valence-corrected chi connectivity index (χ0v) is 16.1. The molecule has 3 nitrogen and oxygen atoms in total. The molecule has 0 aromatic carbocycles. The number of carbonyl (C=O) groups excluding carboxylic acids is 1. The molecule has 1 aromatic heterocycles. The highest BCUT2D eigenvalue weighted by molar-refractivity contribution is 7.14. The van der Waals surface area contributed by atoms with Gasteiger partial charge in [-0.25, -0.2) is 4.79 Å². The predicted octanol–water partition coefficient (Wildman–Crippen LogP) is 5.40. The topological polar surface area (TPSA) is 35.5 Å². The lowest BCUT2D eigenvalue weighted by atomic mass is 10.1. The molecule has 0 atom stereocenters. The van der Waals surface area contributed by atoms with Crippen molar-refractivity contribution >= 4 is 23.4 Å². The van der Waals surface area contributed by atoms with Crippen LogP contribution in [-0.2, 0) is 9.53 Å². The van der Waals surface area contributed by atoms with E-state index in [9.17, 15) is 4.79 Å². The highest BCUT2D eigenvalue weighted by Crippen LogP contribution is 2.34. The van der Waals surface area contributed by atoms with Crippen LogP contribution in [-0.4, -0.2) is 19.7 Å². The molecule has 0 aliphatic carbocycles. The molecule has 0 spiro atoms. The summed E-state index contributed by atoms with van der Waals surface area (Å²) in [6.45, 7) is 10.3. The third-order valence-corrected chi connectivity index (χ3v) is 4.57. The van der Waals surface area contributed by atoms with Gasteiger partial charge in [0.05, 0.1) is 13.7 Å². The van der Waals surface area contributed by atoms with Crippen LogP contribution in [0.2, 0.25) is 0 Å². The molecule has 130 valence electrons. The van der Waals surface area contributed by atoms with Crippen molar-refractivity contribution in [2.75, 3.05) is 13.7 Å². The molecule has 0 amide bonds. The summed E-state index contributed by atoms with van der Waals surface area (Å²) in [7, 11) is 1.70. The highest BCUT2D eigenvalue weighted by Gasteiger charge is 2.09. The van der Waals surface area contributed by atoms with E-state index in [4.69, 9.17) is 9.47 Å². The van der Waals surface area contributed by atoms with Gasteiger partial charge in [0.15, 0.2) is 5.06 Å². The molecule has 0 bridgehead atoms. The van der Waals surface area contributed by atoms with Crippen LogP contribution in [0.4, 0.5) is 0 Å². The first-order valence-electron chi connectivity index (χ1n) is 7.91. The number of carbonyl (C=O) groups is 1. The standard InChI is InChI=1S/C20H26O3S/c1-7-23-19(21)13-15(3)10-8-9-14(2)11-12-18-16(4)20(22-6)24-17(18)5/h8-13H,7H2,1-6H3/b10-8+,12-11?,14-9+,15-13+. The summed E-state index contributed by atoms with van der Waals surface area (Å²) in [6, 6.07) is 0. The van der Waals surface area contributed by atoms with Crippen LogP contribution in [0.1, 0.15) is 36.8 Å². The first-order valence-corrected chi connectivity index (χ1v) is 8.72. The summed E-state index contributed by atoms with van der Waals surface area (Å²) in [5.41, 5.74) is 4.37. The first-order chi connectivity index (χ1) is 11.4. The van der Waals surface area contributed by atoms with E-state index < -0.39 is 0 Å². The summed E-state index contributed by atoms with van der Waals surface area (Å²) in [6.07, 6.45) is 11.5. The maximum atomic E-state index is 11.3. The van der Waals surface area contributed by atoms with Gasteiger partial charge in [-0.2, -0.15) is 0 Å². The van der Waals surface area contributed by atoms with Gasteiger partial charge in [-0.05, 0) is 45.8 Å². The average Bonchev–Trinajstić information content (AvgIpc) is 2.79. The molecule has 0 N–H and O–H groups in total. The lowest BCUT2D eigenvalue weighted by Gasteiger charge is -1.97. The Labute approximate surface area is 149 Å². The molecule has 0 fully saturated rings. The van der Waals surface area contributed by atoms with E-state index in [1.54, 1.807) is 25.4 Å². The quantitative estimate of drug-likeness (QED) is 0.377. The zero-order chi connectivity index (χ0) is 18.1. The number of allylic oxidation sites excluding steroid dienone is 6. The maximum Gasteiger partial charge on any atom is 0.330 e. The van der Waals surface area contributed by atoms with Gasteiger partial charge in [-0.1, -0.05) is 36.0 Å². The molecule has 1 heterocycles. The molecule has 0 aliphatic rings. The van der Waals surface area contributed by atoms with E-state index in [1.807, 2.05) is 32.1 Å². The lowest BCUT2D eigenvalue weighted by molar-refractivity contribution is -0.137. The number of rotatable bonds is 7. The molecular formula is C20H26O3S. The third-order valence-electron chi connectivity index (χ3n) is 3.38. The van der Waals surface area contributed by atoms with E-state index in [2.05, 4.69) is 26.0 Å². The molecule has 0 aliphatic heterocycles. The van der Waals surface area contributed by atoms with Gasteiger partial charge in [0.1, 0.15) is 0 Å². The van der Waals surface area contributed by atoms with E-state index in [1.165, 1.54) is 22.1 Å². The van der Waals surface area contributed by atoms with Crippen LogP contribution in [0.25, 0.3) is 6.08 Å². The van der Waals surface area contributed by atoms with Crippen LogP contribution >= 0.6 is 11.3 Å². The van der Waals surface area contributed by atoms with Gasteiger partial charge in [0.25, 0.3) is 0 Å². The molecule has 0 unspecified atom stereocenters. The molecule has 0 radical (unpaired) electrons. The van der Waals surface area contributed by atoms with Gasteiger partial charge in [-0.15, -0.1) is 11.3 Å². The van der Waals surface area contributed by atoms with Crippen molar-refractivity contribution < 1.29 is 14.3 Å². The van der Waals surface area contributed by atoms with Gasteiger partial charge >= 0.3 is 5.97 Å². The Morgan fingerprint density at radius 1 is 1.17 bits per heavy atom. The number of methoxy groups -OCH3 is 1. The van der Waals surface area contributed by atoms with E-state index in [-0.39, 0.29) is 5.97 Å². The van der Waals surface area contributed by atoms with Crippen LogP contribution < -0.4 is 4.74 Å². The van der Waals surface area contributed by atoms with Crippen molar-refractivity contribution in [3.8, 4) is 5.06 Å². The Morgan fingerprint density at radius 2 is 1.88 bits per heavy atom. The molecule has 4 heteroatoms. The third kappa shape index (κ3) is 6.20. The largest absolute Gasteiger partial charge is 0.487 e. The first kappa shape index (κ1) is 20.0. The predicted molar refractivity (Wildman–Crippen MR) is 103 cm³/mol. The number of thiophene rings is 1. The molecule has 1 aromatic rings. The Hall–Kier alpha value is -2.07. The molecule has 0 saturated heterocycles. The monoisotopic (exact) mass is 346 g/mol. The molecule has 1 rings (SSSR count). The summed E-state index contributed by atoms with van der Waals surface area (Å²) in [5, 5.41) is 0.966. The summed E-state index contributed by atoms with van der Waals surface area (Å²) in [5.74, 6) is -0.308. The minimum Gasteiger partial charge on any atom is -0.487 e. The average molecular weight is 346 g/mol. The van der Waals surface area contributed by atoms with Crippen LogP contribution in [0.15, 0.2) is 41.5 Å². The zero-order valence-electron chi connectivity index (χ0n) is 15.3. The molecular weight excluding hydrogens is 320 g/mol. The van der Waals surface area contributed by atoms with Crippen molar-refractivity contribution in [3.63, 3.8) is 0 Å². The number of hydrogen-bond acceptors (Lipinski definition) is 4. The van der Waals surface area contributed by atoms with E-state index >= 15 is 0 Å². The van der Waals surface area contributed by atoms with Crippen molar-refractivity contribution in [1.29, 1.82) is 0 Å². The fourth-order valence-corrected chi connectivity index (χ4v) is 3.08. The van der Waals surface area contributed by atoms with Gasteiger partial charge < -0.3 is 9.47 Å². The smallest absolute Gasteiger partial charge is 0.330 e. The van der Waals surface area contributed by atoms with Crippen LogP contribution in [0, 0.1) is 13.8 Å².